The summed E-state index contributed by atoms with van der Waals surface area (Å²) < 4.78 is 41.8. The molecule has 0 unspecified atom stereocenters. The number of esters is 1. The summed E-state index contributed by atoms with van der Waals surface area (Å²) in [6.45, 7) is 3.29. The fourth-order valence-corrected chi connectivity index (χ4v) is 2.52. The van der Waals surface area contributed by atoms with Crippen LogP contribution in [-0.4, -0.2) is 23.5 Å². The quantitative estimate of drug-likeness (QED) is 0.436. The summed E-state index contributed by atoms with van der Waals surface area (Å²) in [5, 5.41) is 3.85. The van der Waals surface area contributed by atoms with Crippen LogP contribution in [0.5, 0.6) is 5.75 Å². The van der Waals surface area contributed by atoms with Gasteiger partial charge in [-0.3, -0.25) is 4.79 Å². The lowest BCUT2D eigenvalue weighted by Crippen LogP contribution is -2.14. The molecule has 6 nitrogen and oxygen atoms in total. The summed E-state index contributed by atoms with van der Waals surface area (Å²) >= 11 is 0. The number of hydrogen-bond donors (Lipinski definition) is 0. The number of aryl methyl sites for hydroxylation is 2. The van der Waals surface area contributed by atoms with Crippen molar-refractivity contribution in [2.24, 2.45) is 0 Å². The molecule has 0 atom stereocenters. The van der Waals surface area contributed by atoms with Crippen LogP contribution in [0.3, 0.4) is 0 Å². The molecule has 2 aromatic carbocycles. The molecule has 3 aromatic rings. The molecule has 0 saturated carbocycles. The summed E-state index contributed by atoms with van der Waals surface area (Å²) in [6, 6.07) is 8.89. The topological polar surface area (TPSA) is 78.6 Å². The fourth-order valence-electron chi connectivity index (χ4n) is 2.52. The molecule has 0 aliphatic heterocycles. The number of rotatable bonds is 7. The van der Waals surface area contributed by atoms with E-state index in [4.69, 9.17) is 14.0 Å². The van der Waals surface area contributed by atoms with Gasteiger partial charge in [0.05, 0.1) is 16.8 Å². The van der Waals surface area contributed by atoms with Crippen molar-refractivity contribution in [2.75, 3.05) is 6.61 Å². The third-order valence-electron chi connectivity index (χ3n) is 4.23. The molecule has 0 saturated heterocycles. The van der Waals surface area contributed by atoms with Crippen molar-refractivity contribution in [2.45, 2.75) is 20.5 Å². The van der Waals surface area contributed by atoms with E-state index in [2.05, 4.69) is 5.16 Å². The maximum absolute atomic E-state index is 13.2. The Labute approximate surface area is 165 Å². The number of aromatic nitrogens is 1. The number of nitrogens with zero attached hydrogens (tertiary/aromatic N) is 1. The van der Waals surface area contributed by atoms with E-state index in [1.165, 1.54) is 12.1 Å². The molecule has 0 aliphatic carbocycles. The summed E-state index contributed by atoms with van der Waals surface area (Å²) in [6.07, 6.45) is 0. The largest absolute Gasteiger partial charge is 0.489 e. The number of ether oxygens (including phenoxy) is 2. The van der Waals surface area contributed by atoms with Gasteiger partial charge in [-0.05, 0) is 56.3 Å². The molecule has 0 N–H and O–H groups in total. The van der Waals surface area contributed by atoms with Crippen molar-refractivity contribution in [1.82, 2.24) is 5.16 Å². The predicted octanol–water partition coefficient (Wildman–Crippen LogP) is 4.19. The second kappa shape index (κ2) is 8.64. The Hall–Kier alpha value is -3.55. The smallest absolute Gasteiger partial charge is 0.338 e. The van der Waals surface area contributed by atoms with Crippen molar-refractivity contribution in [3.05, 3.63) is 82.2 Å². The zero-order chi connectivity index (χ0) is 21.0. The van der Waals surface area contributed by atoms with Gasteiger partial charge >= 0.3 is 5.97 Å². The van der Waals surface area contributed by atoms with E-state index in [-0.39, 0.29) is 17.7 Å². The van der Waals surface area contributed by atoms with Crippen molar-refractivity contribution < 1.29 is 32.4 Å². The van der Waals surface area contributed by atoms with Crippen molar-refractivity contribution in [3.63, 3.8) is 0 Å². The van der Waals surface area contributed by atoms with Crippen LogP contribution in [-0.2, 0) is 11.3 Å². The normalized spacial score (nSPS) is 10.6. The average molecular weight is 401 g/mol. The molecule has 150 valence electrons. The maximum Gasteiger partial charge on any atom is 0.338 e. The van der Waals surface area contributed by atoms with Gasteiger partial charge in [-0.2, -0.15) is 0 Å². The van der Waals surface area contributed by atoms with Gasteiger partial charge in [-0.15, -0.1) is 0 Å². The SMILES string of the molecule is Cc1noc(C)c1COc1ccc(C(=O)OCC(=O)c2ccc(F)c(F)c2)cc1. The summed E-state index contributed by atoms with van der Waals surface area (Å²) in [5.74, 6) is -2.37. The highest BCUT2D eigenvalue weighted by atomic mass is 19.2. The van der Waals surface area contributed by atoms with E-state index in [0.717, 1.165) is 29.5 Å². The van der Waals surface area contributed by atoms with Crippen LogP contribution in [0.4, 0.5) is 8.78 Å². The van der Waals surface area contributed by atoms with E-state index >= 15 is 0 Å². The molecule has 8 heteroatoms. The number of hydrogen-bond acceptors (Lipinski definition) is 6. The van der Waals surface area contributed by atoms with Gasteiger partial charge in [-0.25, -0.2) is 13.6 Å². The summed E-state index contributed by atoms with van der Waals surface area (Å²) in [4.78, 5) is 24.0. The molecule has 0 amide bonds. The molecule has 0 aliphatic rings. The molecule has 0 radical (unpaired) electrons. The highest BCUT2D eigenvalue weighted by Crippen LogP contribution is 2.18. The Morgan fingerprint density at radius 3 is 2.31 bits per heavy atom. The zero-order valence-electron chi connectivity index (χ0n) is 15.7. The first kappa shape index (κ1) is 20.2. The van der Waals surface area contributed by atoms with Gasteiger partial charge in [0.1, 0.15) is 18.1 Å². The molecular weight excluding hydrogens is 384 g/mol. The molecule has 0 fully saturated rings. The summed E-state index contributed by atoms with van der Waals surface area (Å²) in [5.41, 5.74) is 1.73. The van der Waals surface area contributed by atoms with Crippen LogP contribution in [0.15, 0.2) is 47.0 Å². The van der Waals surface area contributed by atoms with E-state index in [0.29, 0.717) is 11.5 Å². The summed E-state index contributed by atoms with van der Waals surface area (Å²) in [7, 11) is 0. The molecule has 0 spiro atoms. The molecule has 0 bridgehead atoms. The van der Waals surface area contributed by atoms with E-state index in [1.54, 1.807) is 19.1 Å². The van der Waals surface area contributed by atoms with E-state index in [1.807, 2.05) is 6.92 Å². The number of benzene rings is 2. The molecule has 29 heavy (non-hydrogen) atoms. The first-order chi connectivity index (χ1) is 13.8. The lowest BCUT2D eigenvalue weighted by molar-refractivity contribution is 0.0474. The van der Waals surface area contributed by atoms with Crippen LogP contribution >= 0.6 is 0 Å². The second-order valence-corrected chi connectivity index (χ2v) is 6.24. The van der Waals surface area contributed by atoms with Gasteiger partial charge in [0.15, 0.2) is 24.0 Å². The highest BCUT2D eigenvalue weighted by molar-refractivity contribution is 5.99. The minimum atomic E-state index is -1.14. The number of carbonyl (C=O) groups excluding carboxylic acids is 2. The minimum absolute atomic E-state index is 0.0835. The van der Waals surface area contributed by atoms with Crippen LogP contribution < -0.4 is 4.74 Å². The van der Waals surface area contributed by atoms with Crippen LogP contribution in [0.2, 0.25) is 0 Å². The Kier molecular flexibility index (Phi) is 6.01. The van der Waals surface area contributed by atoms with Gasteiger partial charge in [0.25, 0.3) is 0 Å². The molecule has 3 rings (SSSR count). The van der Waals surface area contributed by atoms with E-state index < -0.39 is 30.0 Å². The molecule has 1 heterocycles. The van der Waals surface area contributed by atoms with Crippen LogP contribution in [0.25, 0.3) is 0 Å². The Bertz CT molecular complexity index is 1020. The third kappa shape index (κ3) is 4.84. The first-order valence-electron chi connectivity index (χ1n) is 8.65. The fraction of sp³-hybridized carbons (Fsp3) is 0.190. The second-order valence-electron chi connectivity index (χ2n) is 6.24. The van der Waals surface area contributed by atoms with Crippen molar-refractivity contribution in [3.8, 4) is 5.75 Å². The lowest BCUT2D eigenvalue weighted by atomic mass is 10.1. The first-order valence-corrected chi connectivity index (χ1v) is 8.65. The number of halogens is 2. The predicted molar refractivity (Wildman–Crippen MR) is 97.7 cm³/mol. The highest BCUT2D eigenvalue weighted by Gasteiger charge is 2.14. The number of carbonyl (C=O) groups is 2. The Morgan fingerprint density at radius 1 is 1.00 bits per heavy atom. The minimum Gasteiger partial charge on any atom is -0.489 e. The van der Waals surface area contributed by atoms with E-state index in [9.17, 15) is 18.4 Å². The van der Waals surface area contributed by atoms with Crippen molar-refractivity contribution in [1.29, 1.82) is 0 Å². The molecule has 1 aromatic heterocycles. The lowest BCUT2D eigenvalue weighted by Gasteiger charge is -2.08. The third-order valence-corrected chi connectivity index (χ3v) is 4.23. The average Bonchev–Trinajstić information content (AvgIpc) is 3.04. The number of Topliss-reactive ketones (excluding diaryl/α,β-unsaturated/α-hetero) is 1. The van der Waals surface area contributed by atoms with Gasteiger partial charge in [0, 0.05) is 5.56 Å². The van der Waals surface area contributed by atoms with Gasteiger partial charge in [0.2, 0.25) is 0 Å². The Balaban J connectivity index is 1.54. The van der Waals surface area contributed by atoms with Crippen molar-refractivity contribution >= 4 is 11.8 Å². The van der Waals surface area contributed by atoms with Crippen LogP contribution in [0.1, 0.15) is 37.7 Å². The monoisotopic (exact) mass is 401 g/mol. The zero-order valence-corrected chi connectivity index (χ0v) is 15.7. The van der Waals surface area contributed by atoms with Gasteiger partial charge < -0.3 is 14.0 Å². The van der Waals surface area contributed by atoms with Crippen LogP contribution in [0, 0.1) is 25.5 Å². The number of ketones is 1. The maximum atomic E-state index is 13.2. The molecular formula is C21H17F2NO5. The standard InChI is InChI=1S/C21H17F2NO5/c1-12-17(13(2)29-24-12)10-27-16-6-3-14(4-7-16)21(26)28-11-20(25)15-5-8-18(22)19(23)9-15/h3-9H,10-11H2,1-2H3. The Morgan fingerprint density at radius 2 is 1.69 bits per heavy atom. The van der Waals surface area contributed by atoms with Gasteiger partial charge in [-0.1, -0.05) is 5.16 Å².